The maximum absolute atomic E-state index is 6.16. The molecule has 2 aliphatic rings. The SMILES string of the molecule is CC1(C)c2ccccc2-c2ccc(N(c3ccc(-c4ccc5oc6ccccc6c5c4)cc3)c3ccc4c(c3)C(C)(C)c3cc(-c5ccc6ccccc6c5)ccc3-4)cc21. The zero-order chi connectivity index (χ0) is 40.3. The minimum absolute atomic E-state index is 0.113. The first-order chi connectivity index (χ1) is 29.2. The molecule has 0 bridgehead atoms. The predicted molar refractivity (Wildman–Crippen MR) is 252 cm³/mol. The number of benzene rings is 9. The van der Waals surface area contributed by atoms with Crippen LogP contribution in [0.2, 0.25) is 0 Å². The number of nitrogens with zero attached hydrogens (tertiary/aromatic N) is 1. The topological polar surface area (TPSA) is 16.4 Å². The summed E-state index contributed by atoms with van der Waals surface area (Å²) in [6.45, 7) is 9.50. The summed E-state index contributed by atoms with van der Waals surface area (Å²) < 4.78 is 6.16. The normalized spacial score (nSPS) is 14.3. The van der Waals surface area contributed by atoms with E-state index >= 15 is 0 Å². The summed E-state index contributed by atoms with van der Waals surface area (Å²) >= 11 is 0. The van der Waals surface area contributed by atoms with Crippen molar-refractivity contribution in [3.05, 3.63) is 210 Å². The number of fused-ring (bicyclic) bond motifs is 10. The van der Waals surface area contributed by atoms with E-state index < -0.39 is 0 Å². The third kappa shape index (κ3) is 5.13. The van der Waals surface area contributed by atoms with Crippen molar-refractivity contribution >= 4 is 49.8 Å². The van der Waals surface area contributed by atoms with Crippen LogP contribution in [0.25, 0.3) is 77.2 Å². The van der Waals surface area contributed by atoms with Crippen LogP contribution in [-0.4, -0.2) is 0 Å². The monoisotopic (exact) mass is 769 g/mol. The molecule has 2 heteroatoms. The summed E-state index contributed by atoms with van der Waals surface area (Å²) in [5.41, 5.74) is 20.5. The number of anilines is 3. The first-order valence-corrected chi connectivity index (χ1v) is 21.1. The van der Waals surface area contributed by atoms with Crippen LogP contribution >= 0.6 is 0 Å². The fourth-order valence-corrected chi connectivity index (χ4v) is 10.4. The second-order valence-electron chi connectivity index (χ2n) is 17.8. The first-order valence-electron chi connectivity index (χ1n) is 21.1. The maximum atomic E-state index is 6.16. The molecule has 2 aliphatic carbocycles. The van der Waals surface area contributed by atoms with E-state index in [9.17, 15) is 0 Å². The van der Waals surface area contributed by atoms with E-state index in [-0.39, 0.29) is 10.8 Å². The highest BCUT2D eigenvalue weighted by molar-refractivity contribution is 6.06. The molecular weight excluding hydrogens is 727 g/mol. The number of hydrogen-bond acceptors (Lipinski definition) is 2. The highest BCUT2D eigenvalue weighted by Gasteiger charge is 2.38. The Labute approximate surface area is 351 Å². The molecule has 12 rings (SSSR count). The molecule has 60 heavy (non-hydrogen) atoms. The van der Waals surface area contributed by atoms with E-state index in [0.717, 1.165) is 39.0 Å². The Morgan fingerprint density at radius 2 is 0.833 bits per heavy atom. The van der Waals surface area contributed by atoms with Gasteiger partial charge in [-0.3, -0.25) is 0 Å². The molecule has 1 aromatic heterocycles. The van der Waals surface area contributed by atoms with Crippen molar-refractivity contribution in [1.29, 1.82) is 0 Å². The molecule has 0 amide bonds. The molecule has 0 saturated carbocycles. The van der Waals surface area contributed by atoms with Crippen LogP contribution in [0.15, 0.2) is 192 Å². The van der Waals surface area contributed by atoms with Gasteiger partial charge in [0.1, 0.15) is 11.2 Å². The van der Waals surface area contributed by atoms with Crippen LogP contribution in [0.3, 0.4) is 0 Å². The number of furan rings is 1. The summed E-state index contributed by atoms with van der Waals surface area (Å²) in [6, 6.07) is 69.5. The van der Waals surface area contributed by atoms with Gasteiger partial charge in [-0.2, -0.15) is 0 Å². The largest absolute Gasteiger partial charge is 0.456 e. The summed E-state index contributed by atoms with van der Waals surface area (Å²) in [4.78, 5) is 2.45. The van der Waals surface area contributed by atoms with E-state index in [1.165, 1.54) is 77.5 Å². The van der Waals surface area contributed by atoms with Crippen LogP contribution in [-0.2, 0) is 10.8 Å². The van der Waals surface area contributed by atoms with Crippen molar-refractivity contribution in [2.45, 2.75) is 38.5 Å². The fourth-order valence-electron chi connectivity index (χ4n) is 10.4. The number of para-hydroxylation sites is 1. The van der Waals surface area contributed by atoms with Crippen molar-refractivity contribution in [2.24, 2.45) is 0 Å². The van der Waals surface area contributed by atoms with Crippen molar-refractivity contribution in [2.75, 3.05) is 4.90 Å². The molecule has 1 heterocycles. The quantitative estimate of drug-likeness (QED) is 0.173. The molecule has 0 unspecified atom stereocenters. The molecule has 2 nitrogen and oxygen atoms in total. The Hall–Kier alpha value is -7.16. The fraction of sp³-hybridized carbons (Fsp3) is 0.103. The highest BCUT2D eigenvalue weighted by Crippen LogP contribution is 2.54. The minimum atomic E-state index is -0.194. The second-order valence-corrected chi connectivity index (χ2v) is 17.8. The van der Waals surface area contributed by atoms with E-state index in [4.69, 9.17) is 4.42 Å². The van der Waals surface area contributed by atoms with Crippen LogP contribution < -0.4 is 4.90 Å². The van der Waals surface area contributed by atoms with Crippen LogP contribution in [0, 0.1) is 0 Å². The predicted octanol–water partition coefficient (Wildman–Crippen LogP) is 16.2. The zero-order valence-electron chi connectivity index (χ0n) is 34.3. The van der Waals surface area contributed by atoms with Crippen molar-refractivity contribution < 1.29 is 4.42 Å². The molecule has 9 aromatic carbocycles. The lowest BCUT2D eigenvalue weighted by atomic mass is 9.81. The van der Waals surface area contributed by atoms with Gasteiger partial charge in [-0.25, -0.2) is 0 Å². The van der Waals surface area contributed by atoms with Gasteiger partial charge < -0.3 is 9.32 Å². The summed E-state index contributed by atoms with van der Waals surface area (Å²) in [7, 11) is 0. The molecule has 286 valence electrons. The summed E-state index contributed by atoms with van der Waals surface area (Å²) in [5.74, 6) is 0. The molecule has 0 fully saturated rings. The number of rotatable bonds is 5. The lowest BCUT2D eigenvalue weighted by molar-refractivity contribution is 0.660. The molecular formula is C58H43NO. The average Bonchev–Trinajstić information content (AvgIpc) is 3.85. The molecule has 10 aromatic rings. The smallest absolute Gasteiger partial charge is 0.135 e. The van der Waals surface area contributed by atoms with Gasteiger partial charge in [0, 0.05) is 38.7 Å². The average molecular weight is 770 g/mol. The minimum Gasteiger partial charge on any atom is -0.456 e. The van der Waals surface area contributed by atoms with E-state index in [0.29, 0.717) is 0 Å². The maximum Gasteiger partial charge on any atom is 0.135 e. The molecule has 0 N–H and O–H groups in total. The van der Waals surface area contributed by atoms with Gasteiger partial charge in [-0.1, -0.05) is 149 Å². The van der Waals surface area contributed by atoms with Gasteiger partial charge in [0.15, 0.2) is 0 Å². The van der Waals surface area contributed by atoms with Gasteiger partial charge in [0.05, 0.1) is 0 Å². The van der Waals surface area contributed by atoms with Gasteiger partial charge in [0.2, 0.25) is 0 Å². The van der Waals surface area contributed by atoms with Crippen molar-refractivity contribution in [3.63, 3.8) is 0 Å². The first kappa shape index (κ1) is 34.8. The van der Waals surface area contributed by atoms with Gasteiger partial charge in [0.25, 0.3) is 0 Å². The Morgan fingerprint density at radius 3 is 1.60 bits per heavy atom. The van der Waals surface area contributed by atoms with Gasteiger partial charge in [-0.05, 0) is 144 Å². The molecule has 0 spiro atoms. The standard InChI is InChI=1S/C58H43NO/c1-57(2)51-15-9-7-13-45(51)47-28-25-43(34-53(47)57)59(42-23-19-37(20-24-42)40-22-30-56-50(32-40)49-14-8-10-16-55(49)60-56)44-26-29-48-46-27-21-41(33-52(46)58(3,4)54(48)35-44)39-18-17-36-11-5-6-12-38(36)31-39/h5-35H,1-4H3. The van der Waals surface area contributed by atoms with Crippen molar-refractivity contribution in [1.82, 2.24) is 0 Å². The van der Waals surface area contributed by atoms with Crippen LogP contribution in [0.4, 0.5) is 17.1 Å². The Balaban J connectivity index is 0.969. The molecule has 0 aliphatic heterocycles. The van der Waals surface area contributed by atoms with Crippen LogP contribution in [0.5, 0.6) is 0 Å². The van der Waals surface area contributed by atoms with E-state index in [2.05, 4.69) is 209 Å². The Bertz CT molecular complexity index is 3380. The third-order valence-corrected chi connectivity index (χ3v) is 13.7. The highest BCUT2D eigenvalue weighted by atomic mass is 16.3. The van der Waals surface area contributed by atoms with Crippen molar-refractivity contribution in [3.8, 4) is 44.5 Å². The second kappa shape index (κ2) is 12.7. The van der Waals surface area contributed by atoms with E-state index in [1.54, 1.807) is 0 Å². The summed E-state index contributed by atoms with van der Waals surface area (Å²) in [5, 5.41) is 4.82. The molecule has 0 saturated heterocycles. The zero-order valence-corrected chi connectivity index (χ0v) is 34.3. The Kier molecular flexibility index (Phi) is 7.36. The van der Waals surface area contributed by atoms with Gasteiger partial charge >= 0.3 is 0 Å². The number of hydrogen-bond donors (Lipinski definition) is 0. The lowest BCUT2D eigenvalue weighted by Crippen LogP contribution is -2.18. The summed E-state index contributed by atoms with van der Waals surface area (Å²) in [6.07, 6.45) is 0. The Morgan fingerprint density at radius 1 is 0.333 bits per heavy atom. The lowest BCUT2D eigenvalue weighted by Gasteiger charge is -2.30. The molecule has 0 atom stereocenters. The van der Waals surface area contributed by atoms with E-state index in [1.807, 2.05) is 12.1 Å². The third-order valence-electron chi connectivity index (χ3n) is 13.7. The van der Waals surface area contributed by atoms with Gasteiger partial charge in [-0.15, -0.1) is 0 Å². The molecule has 0 radical (unpaired) electrons. The van der Waals surface area contributed by atoms with Crippen LogP contribution in [0.1, 0.15) is 49.9 Å².